The van der Waals surface area contributed by atoms with E-state index in [1.54, 1.807) is 24.3 Å². The van der Waals surface area contributed by atoms with E-state index in [2.05, 4.69) is 9.89 Å². The first-order valence-electron chi connectivity index (χ1n) is 5.69. The van der Waals surface area contributed by atoms with Gasteiger partial charge in [-0.2, -0.15) is 13.2 Å². The highest BCUT2D eigenvalue weighted by atomic mass is 19.4. The number of hydrogen-bond donors (Lipinski definition) is 2. The van der Waals surface area contributed by atoms with Gasteiger partial charge in [-0.05, 0) is 12.1 Å². The Labute approximate surface area is 116 Å². The van der Waals surface area contributed by atoms with Crippen molar-refractivity contribution in [3.8, 4) is 5.75 Å². The highest BCUT2D eigenvalue weighted by Crippen LogP contribution is 2.33. The van der Waals surface area contributed by atoms with Crippen LogP contribution in [0.25, 0.3) is 11.0 Å². The molecule has 0 amide bonds. The lowest BCUT2D eigenvalue weighted by Gasteiger charge is -2.09. The molecule has 2 aromatic rings. The van der Waals surface area contributed by atoms with Gasteiger partial charge in [-0.25, -0.2) is 0 Å². The molecule has 1 aromatic heterocycles. The molecule has 0 spiro atoms. The van der Waals surface area contributed by atoms with Crippen molar-refractivity contribution in [3.63, 3.8) is 0 Å². The lowest BCUT2D eigenvalue weighted by atomic mass is 10.2. The third-order valence-corrected chi connectivity index (χ3v) is 2.44. The summed E-state index contributed by atoms with van der Waals surface area (Å²) in [6.45, 7) is -2.10. The second-order valence-corrected chi connectivity index (χ2v) is 3.97. The van der Waals surface area contributed by atoms with Crippen LogP contribution in [0.5, 0.6) is 5.75 Å². The summed E-state index contributed by atoms with van der Waals surface area (Å²) >= 11 is 0. The fourth-order valence-electron chi connectivity index (χ4n) is 1.64. The quantitative estimate of drug-likeness (QED) is 0.221. The van der Waals surface area contributed by atoms with Gasteiger partial charge in [-0.3, -0.25) is 0 Å². The minimum Gasteiger partial charge on any atom is -0.463 e. The molecule has 0 aliphatic rings. The SMILES string of the molecule is N/C(=N/O)c1oc2ccccc2c1OCOCC(F)(F)F. The number of amidine groups is 1. The summed E-state index contributed by atoms with van der Waals surface area (Å²) in [4.78, 5) is 0. The highest BCUT2D eigenvalue weighted by molar-refractivity contribution is 6.03. The largest absolute Gasteiger partial charge is 0.463 e. The molecule has 6 nitrogen and oxygen atoms in total. The zero-order chi connectivity index (χ0) is 15.5. The Kier molecular flexibility index (Phi) is 4.22. The molecule has 21 heavy (non-hydrogen) atoms. The third kappa shape index (κ3) is 3.57. The maximum absolute atomic E-state index is 12.0. The number of ether oxygens (including phenoxy) is 2. The molecular formula is C12H11F3N2O4. The number of alkyl halides is 3. The normalized spacial score (nSPS) is 12.8. The molecule has 0 radical (unpaired) electrons. The van der Waals surface area contributed by atoms with Crippen molar-refractivity contribution in [2.45, 2.75) is 6.18 Å². The van der Waals surface area contributed by atoms with Crippen molar-refractivity contribution in [2.75, 3.05) is 13.4 Å². The predicted molar refractivity (Wildman–Crippen MR) is 66.2 cm³/mol. The number of fused-ring (bicyclic) bond motifs is 1. The summed E-state index contributed by atoms with van der Waals surface area (Å²) in [5, 5.41) is 11.9. The van der Waals surface area contributed by atoms with Crippen molar-refractivity contribution in [3.05, 3.63) is 30.0 Å². The number of halogens is 3. The van der Waals surface area contributed by atoms with E-state index < -0.39 is 19.6 Å². The Morgan fingerprint density at radius 3 is 2.71 bits per heavy atom. The van der Waals surface area contributed by atoms with Crippen LogP contribution < -0.4 is 10.5 Å². The van der Waals surface area contributed by atoms with E-state index in [1.807, 2.05) is 0 Å². The van der Waals surface area contributed by atoms with Gasteiger partial charge in [-0.1, -0.05) is 17.3 Å². The smallest absolute Gasteiger partial charge is 0.411 e. The van der Waals surface area contributed by atoms with Gasteiger partial charge < -0.3 is 24.8 Å². The van der Waals surface area contributed by atoms with Gasteiger partial charge in [0.1, 0.15) is 12.2 Å². The molecule has 0 fully saturated rings. The topological polar surface area (TPSA) is 90.2 Å². The molecule has 0 saturated heterocycles. The van der Waals surface area contributed by atoms with Crippen molar-refractivity contribution < 1.29 is 32.3 Å². The zero-order valence-corrected chi connectivity index (χ0v) is 10.6. The Morgan fingerprint density at radius 2 is 2.05 bits per heavy atom. The van der Waals surface area contributed by atoms with Gasteiger partial charge in [0.05, 0.1) is 5.39 Å². The standard InChI is InChI=1S/C12H11F3N2O4/c13-12(14,15)5-19-6-20-9-7-3-1-2-4-8(7)21-10(9)11(16)17-18/h1-4,18H,5-6H2,(H2,16,17). The van der Waals surface area contributed by atoms with E-state index in [4.69, 9.17) is 20.1 Å². The molecule has 0 unspecified atom stereocenters. The molecule has 1 heterocycles. The average Bonchev–Trinajstić information content (AvgIpc) is 2.80. The summed E-state index contributed by atoms with van der Waals surface area (Å²) in [5.74, 6) is -0.408. The van der Waals surface area contributed by atoms with Gasteiger partial charge in [-0.15, -0.1) is 0 Å². The fraction of sp³-hybridized carbons (Fsp3) is 0.250. The number of oxime groups is 1. The predicted octanol–water partition coefficient (Wildman–Crippen LogP) is 2.44. The van der Waals surface area contributed by atoms with Crippen LogP contribution in [0, 0.1) is 0 Å². The van der Waals surface area contributed by atoms with Crippen LogP contribution in [0.15, 0.2) is 33.8 Å². The zero-order valence-electron chi connectivity index (χ0n) is 10.6. The van der Waals surface area contributed by atoms with E-state index in [9.17, 15) is 13.2 Å². The second kappa shape index (κ2) is 5.92. The van der Waals surface area contributed by atoms with Crippen molar-refractivity contribution >= 4 is 16.8 Å². The summed E-state index contributed by atoms with van der Waals surface area (Å²) < 4.78 is 50.7. The lowest BCUT2D eigenvalue weighted by Crippen LogP contribution is -2.20. The summed E-state index contributed by atoms with van der Waals surface area (Å²) in [6.07, 6.45) is -4.45. The molecule has 0 atom stereocenters. The minimum atomic E-state index is -4.45. The van der Waals surface area contributed by atoms with E-state index >= 15 is 0 Å². The third-order valence-electron chi connectivity index (χ3n) is 2.44. The number of hydrogen-bond acceptors (Lipinski definition) is 5. The van der Waals surface area contributed by atoms with Crippen LogP contribution in [0.3, 0.4) is 0 Å². The second-order valence-electron chi connectivity index (χ2n) is 3.97. The van der Waals surface area contributed by atoms with Crippen molar-refractivity contribution in [1.29, 1.82) is 0 Å². The molecule has 0 bridgehead atoms. The molecule has 2 rings (SSSR count). The molecule has 1 aromatic carbocycles. The molecule has 0 saturated carbocycles. The Hall–Kier alpha value is -2.42. The number of nitrogens with zero attached hydrogens (tertiary/aromatic N) is 1. The monoisotopic (exact) mass is 304 g/mol. The molecular weight excluding hydrogens is 293 g/mol. The number of furan rings is 1. The number of benzene rings is 1. The van der Waals surface area contributed by atoms with Crippen molar-refractivity contribution in [2.24, 2.45) is 10.9 Å². The van der Waals surface area contributed by atoms with Crippen LogP contribution in [0.4, 0.5) is 13.2 Å². The van der Waals surface area contributed by atoms with Crippen molar-refractivity contribution in [1.82, 2.24) is 0 Å². The lowest BCUT2D eigenvalue weighted by molar-refractivity contribution is -0.186. The van der Waals surface area contributed by atoms with Gasteiger partial charge >= 0.3 is 6.18 Å². The summed E-state index contributed by atoms with van der Waals surface area (Å²) in [7, 11) is 0. The van der Waals surface area contributed by atoms with Gasteiger partial charge in [0.15, 0.2) is 12.5 Å². The summed E-state index contributed by atoms with van der Waals surface area (Å²) in [6, 6.07) is 6.59. The highest BCUT2D eigenvalue weighted by Gasteiger charge is 2.27. The Balaban J connectivity index is 2.20. The fourth-order valence-corrected chi connectivity index (χ4v) is 1.64. The number of nitrogens with two attached hydrogens (primary N) is 1. The van der Waals surface area contributed by atoms with Crippen LogP contribution >= 0.6 is 0 Å². The molecule has 3 N–H and O–H groups in total. The van der Waals surface area contributed by atoms with Gasteiger partial charge in [0.2, 0.25) is 11.6 Å². The number of rotatable bonds is 5. The van der Waals surface area contributed by atoms with E-state index in [-0.39, 0.29) is 17.3 Å². The molecule has 114 valence electrons. The maximum Gasteiger partial charge on any atom is 0.411 e. The molecule has 0 aliphatic carbocycles. The Morgan fingerprint density at radius 1 is 1.33 bits per heavy atom. The van der Waals surface area contributed by atoms with Crippen LogP contribution in [0.2, 0.25) is 0 Å². The Bertz CT molecular complexity index is 651. The summed E-state index contributed by atoms with van der Waals surface area (Å²) in [5.41, 5.74) is 5.82. The average molecular weight is 304 g/mol. The molecule has 0 aliphatic heterocycles. The first-order chi connectivity index (χ1) is 9.92. The van der Waals surface area contributed by atoms with E-state index in [0.29, 0.717) is 11.0 Å². The maximum atomic E-state index is 12.0. The van der Waals surface area contributed by atoms with Crippen LogP contribution in [-0.4, -0.2) is 30.6 Å². The first-order valence-corrected chi connectivity index (χ1v) is 5.69. The number of para-hydroxylation sites is 1. The van der Waals surface area contributed by atoms with Gasteiger partial charge in [0.25, 0.3) is 0 Å². The molecule has 9 heteroatoms. The van der Waals surface area contributed by atoms with E-state index in [0.717, 1.165) is 0 Å². The minimum absolute atomic E-state index is 0.0445. The van der Waals surface area contributed by atoms with E-state index in [1.165, 1.54) is 0 Å². The van der Waals surface area contributed by atoms with Crippen LogP contribution in [-0.2, 0) is 4.74 Å². The van der Waals surface area contributed by atoms with Crippen LogP contribution in [0.1, 0.15) is 5.76 Å². The first kappa shape index (κ1) is 15.0. The van der Waals surface area contributed by atoms with Gasteiger partial charge in [0, 0.05) is 0 Å².